The summed E-state index contributed by atoms with van der Waals surface area (Å²) in [7, 11) is -2.15. The normalized spacial score (nSPS) is 11.1. The second-order valence-electron chi connectivity index (χ2n) is 5.89. The first-order valence-electron chi connectivity index (χ1n) is 8.39. The Kier molecular flexibility index (Phi) is 6.47. The molecular weight excluding hydrogens is 412 g/mol. The molecule has 2 aromatic carbocycles. The van der Waals surface area contributed by atoms with E-state index in [1.54, 1.807) is 13.2 Å². The molecular formula is C19H18N4O4S2. The summed E-state index contributed by atoms with van der Waals surface area (Å²) < 4.78 is 27.6. The number of thioether (sulfide) groups is 1. The number of nitrogens with two attached hydrogens (primary N) is 1. The second kappa shape index (κ2) is 9.03. The van der Waals surface area contributed by atoms with Gasteiger partial charge in [0.15, 0.2) is 0 Å². The number of primary sulfonamides is 1. The highest BCUT2D eigenvalue weighted by Gasteiger charge is 2.09. The fraction of sp³-hybridized carbons (Fsp3) is 0.105. The molecule has 0 bridgehead atoms. The summed E-state index contributed by atoms with van der Waals surface area (Å²) >= 11 is 1.24. The number of amides is 1. The number of nitrogens with zero attached hydrogens (tertiary/aromatic N) is 2. The van der Waals surface area contributed by atoms with Crippen LogP contribution in [-0.4, -0.2) is 37.4 Å². The molecule has 0 aliphatic heterocycles. The Balaban J connectivity index is 1.54. The van der Waals surface area contributed by atoms with Crippen molar-refractivity contribution in [2.75, 3.05) is 18.2 Å². The number of anilines is 1. The van der Waals surface area contributed by atoms with Crippen LogP contribution in [0.3, 0.4) is 0 Å². The molecule has 3 N–H and O–H groups in total. The van der Waals surface area contributed by atoms with E-state index in [0.29, 0.717) is 10.7 Å². The maximum atomic E-state index is 12.1. The van der Waals surface area contributed by atoms with Crippen molar-refractivity contribution >= 4 is 33.4 Å². The molecule has 3 aromatic rings. The van der Waals surface area contributed by atoms with E-state index in [0.717, 1.165) is 17.0 Å². The standard InChI is InChI=1S/C19H18N4O4S2/c1-27-15-6-2-13(3-7-15)17-10-11-19(23-22-17)28-12-18(24)21-14-4-8-16(9-5-14)29(20,25)26/h2-11H,12H2,1H3,(H,21,24)(H2,20,25,26). The monoisotopic (exact) mass is 430 g/mol. The number of hydrogen-bond acceptors (Lipinski definition) is 7. The molecule has 0 fully saturated rings. The van der Waals surface area contributed by atoms with Gasteiger partial charge in [0.05, 0.1) is 23.5 Å². The summed E-state index contributed by atoms with van der Waals surface area (Å²) in [6.45, 7) is 0. The van der Waals surface area contributed by atoms with Crippen LogP contribution in [0.5, 0.6) is 5.75 Å². The lowest BCUT2D eigenvalue weighted by Gasteiger charge is -2.06. The van der Waals surface area contributed by atoms with Crippen molar-refractivity contribution in [1.82, 2.24) is 10.2 Å². The van der Waals surface area contributed by atoms with E-state index in [4.69, 9.17) is 9.88 Å². The molecule has 0 saturated carbocycles. The summed E-state index contributed by atoms with van der Waals surface area (Å²) in [6.07, 6.45) is 0. The van der Waals surface area contributed by atoms with Crippen LogP contribution in [0.4, 0.5) is 5.69 Å². The van der Waals surface area contributed by atoms with E-state index in [1.807, 2.05) is 30.3 Å². The van der Waals surface area contributed by atoms with Crippen LogP contribution in [0.2, 0.25) is 0 Å². The maximum absolute atomic E-state index is 12.1. The molecule has 29 heavy (non-hydrogen) atoms. The predicted octanol–water partition coefficient (Wildman–Crippen LogP) is 2.53. The van der Waals surface area contributed by atoms with Crippen molar-refractivity contribution in [3.8, 4) is 17.0 Å². The molecule has 8 nitrogen and oxygen atoms in total. The third kappa shape index (κ3) is 5.76. The summed E-state index contributed by atoms with van der Waals surface area (Å²) in [4.78, 5) is 12.1. The SMILES string of the molecule is COc1ccc(-c2ccc(SCC(=O)Nc3ccc(S(N)(=O)=O)cc3)nn2)cc1. The van der Waals surface area contributed by atoms with Crippen LogP contribution in [0.1, 0.15) is 0 Å². The topological polar surface area (TPSA) is 124 Å². The summed E-state index contributed by atoms with van der Waals surface area (Å²) in [6, 6.07) is 16.7. The Hall–Kier alpha value is -2.95. The number of carbonyl (C=O) groups excluding carboxylic acids is 1. The van der Waals surface area contributed by atoms with E-state index in [9.17, 15) is 13.2 Å². The molecule has 1 aromatic heterocycles. The molecule has 0 aliphatic rings. The highest BCUT2D eigenvalue weighted by molar-refractivity contribution is 7.99. The Morgan fingerprint density at radius 1 is 1.03 bits per heavy atom. The van der Waals surface area contributed by atoms with Gasteiger partial charge in [-0.05, 0) is 60.7 Å². The van der Waals surface area contributed by atoms with Gasteiger partial charge in [-0.15, -0.1) is 10.2 Å². The van der Waals surface area contributed by atoms with Crippen molar-refractivity contribution in [2.24, 2.45) is 5.14 Å². The minimum atomic E-state index is -3.76. The number of sulfonamides is 1. The van der Waals surface area contributed by atoms with Crippen molar-refractivity contribution in [3.05, 3.63) is 60.7 Å². The summed E-state index contributed by atoms with van der Waals surface area (Å²) in [5.74, 6) is 0.645. The van der Waals surface area contributed by atoms with E-state index < -0.39 is 10.0 Å². The number of methoxy groups -OCH3 is 1. The molecule has 150 valence electrons. The number of aromatic nitrogens is 2. The molecule has 0 radical (unpaired) electrons. The summed E-state index contributed by atoms with van der Waals surface area (Å²) in [5.41, 5.74) is 2.11. The largest absolute Gasteiger partial charge is 0.497 e. The Morgan fingerprint density at radius 3 is 2.28 bits per heavy atom. The van der Waals surface area contributed by atoms with E-state index in [2.05, 4.69) is 15.5 Å². The number of rotatable bonds is 7. The Labute approximate surface area is 172 Å². The molecule has 3 rings (SSSR count). The highest BCUT2D eigenvalue weighted by atomic mass is 32.2. The minimum Gasteiger partial charge on any atom is -0.497 e. The first-order valence-corrected chi connectivity index (χ1v) is 10.9. The first-order chi connectivity index (χ1) is 13.8. The van der Waals surface area contributed by atoms with Gasteiger partial charge in [-0.2, -0.15) is 0 Å². The average Bonchev–Trinajstić information content (AvgIpc) is 2.72. The molecule has 1 heterocycles. The zero-order valence-electron chi connectivity index (χ0n) is 15.4. The van der Waals surface area contributed by atoms with Gasteiger partial charge in [0, 0.05) is 11.3 Å². The molecule has 10 heteroatoms. The molecule has 0 unspecified atom stereocenters. The summed E-state index contributed by atoms with van der Waals surface area (Å²) in [5, 5.41) is 16.7. The van der Waals surface area contributed by atoms with Gasteiger partial charge in [-0.1, -0.05) is 11.8 Å². The van der Waals surface area contributed by atoms with Gasteiger partial charge in [0.25, 0.3) is 0 Å². The third-order valence-electron chi connectivity index (χ3n) is 3.84. The van der Waals surface area contributed by atoms with Gasteiger partial charge in [0.1, 0.15) is 10.8 Å². The van der Waals surface area contributed by atoms with Gasteiger partial charge in [-0.25, -0.2) is 13.6 Å². The molecule has 0 spiro atoms. The number of hydrogen-bond donors (Lipinski definition) is 2. The zero-order valence-corrected chi connectivity index (χ0v) is 17.0. The first kappa shape index (κ1) is 20.8. The highest BCUT2D eigenvalue weighted by Crippen LogP contribution is 2.22. The predicted molar refractivity (Wildman–Crippen MR) is 111 cm³/mol. The fourth-order valence-electron chi connectivity index (χ4n) is 2.38. The van der Waals surface area contributed by atoms with Crippen molar-refractivity contribution < 1.29 is 17.9 Å². The zero-order chi connectivity index (χ0) is 20.9. The number of benzene rings is 2. The van der Waals surface area contributed by atoms with Crippen LogP contribution >= 0.6 is 11.8 Å². The quantitative estimate of drug-likeness (QED) is 0.552. The lowest BCUT2D eigenvalue weighted by Crippen LogP contribution is -2.15. The maximum Gasteiger partial charge on any atom is 0.238 e. The lowest BCUT2D eigenvalue weighted by molar-refractivity contribution is -0.113. The van der Waals surface area contributed by atoms with Crippen molar-refractivity contribution in [1.29, 1.82) is 0 Å². The minimum absolute atomic E-state index is 0.0166. The number of ether oxygens (including phenoxy) is 1. The van der Waals surface area contributed by atoms with Crippen molar-refractivity contribution in [3.63, 3.8) is 0 Å². The third-order valence-corrected chi connectivity index (χ3v) is 5.69. The van der Waals surface area contributed by atoms with Crippen LogP contribution < -0.4 is 15.2 Å². The average molecular weight is 431 g/mol. The Morgan fingerprint density at radius 2 is 1.72 bits per heavy atom. The van der Waals surface area contributed by atoms with Gasteiger partial charge < -0.3 is 10.1 Å². The van der Waals surface area contributed by atoms with Crippen LogP contribution in [0, 0.1) is 0 Å². The smallest absolute Gasteiger partial charge is 0.238 e. The molecule has 0 aliphatic carbocycles. The van der Waals surface area contributed by atoms with Crippen molar-refractivity contribution in [2.45, 2.75) is 9.92 Å². The van der Waals surface area contributed by atoms with Crippen LogP contribution in [0.25, 0.3) is 11.3 Å². The van der Waals surface area contributed by atoms with Crippen LogP contribution in [0.15, 0.2) is 70.6 Å². The number of nitrogens with one attached hydrogen (secondary N) is 1. The van der Waals surface area contributed by atoms with E-state index in [-0.39, 0.29) is 16.6 Å². The van der Waals surface area contributed by atoms with Gasteiger partial charge in [0.2, 0.25) is 15.9 Å². The fourth-order valence-corrected chi connectivity index (χ4v) is 3.51. The van der Waals surface area contributed by atoms with E-state index in [1.165, 1.54) is 36.0 Å². The Bertz CT molecular complexity index is 1080. The van der Waals surface area contributed by atoms with E-state index >= 15 is 0 Å². The molecule has 1 amide bonds. The van der Waals surface area contributed by atoms with Gasteiger partial charge >= 0.3 is 0 Å². The lowest BCUT2D eigenvalue weighted by atomic mass is 10.1. The van der Waals surface area contributed by atoms with Crippen LogP contribution in [-0.2, 0) is 14.8 Å². The van der Waals surface area contributed by atoms with Gasteiger partial charge in [-0.3, -0.25) is 4.79 Å². The number of carbonyl (C=O) groups is 1. The second-order valence-corrected chi connectivity index (χ2v) is 8.45. The molecule has 0 atom stereocenters. The molecule has 0 saturated heterocycles.